The molecular weight excluding hydrogens is 585 g/mol. The van der Waals surface area contributed by atoms with Crippen molar-refractivity contribution in [3.05, 3.63) is 86.6 Å². The summed E-state index contributed by atoms with van der Waals surface area (Å²) < 4.78 is 122. The lowest BCUT2D eigenvalue weighted by Gasteiger charge is -2.28. The predicted molar refractivity (Wildman–Crippen MR) is 131 cm³/mol. The van der Waals surface area contributed by atoms with Gasteiger partial charge in [-0.1, -0.05) is 11.6 Å². The van der Waals surface area contributed by atoms with Gasteiger partial charge in [-0.15, -0.1) is 0 Å². The summed E-state index contributed by atoms with van der Waals surface area (Å²) in [6.45, 7) is -4.43. The lowest BCUT2D eigenvalue weighted by molar-refractivity contribution is -0.137. The first-order valence-corrected chi connectivity index (χ1v) is 11.7. The van der Waals surface area contributed by atoms with Crippen LogP contribution in [0.1, 0.15) is 47.2 Å². The van der Waals surface area contributed by atoms with Crippen molar-refractivity contribution in [1.82, 2.24) is 15.1 Å². The van der Waals surface area contributed by atoms with Crippen LogP contribution in [0, 0.1) is 18.5 Å². The summed E-state index contributed by atoms with van der Waals surface area (Å²) in [6, 6.07) is 3.44. The lowest BCUT2D eigenvalue weighted by atomic mass is 9.83. The molecule has 7 nitrogen and oxygen atoms in total. The number of carbonyl (C=O) groups excluding carboxylic acids is 2. The van der Waals surface area contributed by atoms with E-state index in [4.69, 9.17) is 21.4 Å². The number of aromatic nitrogens is 2. The maximum Gasteiger partial charge on any atom is 0.416 e. The van der Waals surface area contributed by atoms with Crippen molar-refractivity contribution < 1.29 is 49.5 Å². The Morgan fingerprint density at radius 2 is 1.93 bits per heavy atom. The van der Waals surface area contributed by atoms with Crippen LogP contribution >= 0.6 is 11.6 Å². The van der Waals surface area contributed by atoms with E-state index in [1.807, 2.05) is 0 Å². The molecule has 0 aliphatic carbocycles. The summed E-state index contributed by atoms with van der Waals surface area (Å²) in [6.07, 6.45) is -8.33. The number of carbonyl (C=O) groups is 2. The van der Waals surface area contributed by atoms with Gasteiger partial charge in [-0.3, -0.25) is 14.3 Å². The van der Waals surface area contributed by atoms with Crippen LogP contribution in [0.2, 0.25) is 5.02 Å². The van der Waals surface area contributed by atoms with E-state index in [9.17, 15) is 41.0 Å². The zero-order chi connectivity index (χ0) is 32.7. The molecule has 15 heteroatoms. The molecular formula is C26H16ClF7N4O3. The molecule has 0 fully saturated rings. The van der Waals surface area contributed by atoms with Crippen LogP contribution in [-0.2, 0) is 18.4 Å². The third-order valence-electron chi connectivity index (χ3n) is 6.51. The van der Waals surface area contributed by atoms with E-state index in [0.29, 0.717) is 10.7 Å². The van der Waals surface area contributed by atoms with Crippen LogP contribution in [0.15, 0.2) is 36.4 Å². The fourth-order valence-electron chi connectivity index (χ4n) is 4.91. The Bertz CT molecular complexity index is 1900. The lowest BCUT2D eigenvalue weighted by Crippen LogP contribution is -2.41. The second-order valence-corrected chi connectivity index (χ2v) is 9.43. The fourth-order valence-corrected chi connectivity index (χ4v) is 5.17. The number of benzene rings is 3. The normalized spacial score (nSPS) is 18.3. The van der Waals surface area contributed by atoms with E-state index in [1.165, 1.54) is 0 Å². The van der Waals surface area contributed by atoms with Gasteiger partial charge in [0.1, 0.15) is 18.2 Å². The van der Waals surface area contributed by atoms with Crippen LogP contribution in [-0.4, -0.2) is 33.1 Å². The average Bonchev–Trinajstić information content (AvgIpc) is 3.38. The molecule has 4 aromatic rings. The molecule has 2 heterocycles. The molecule has 214 valence electrons. The van der Waals surface area contributed by atoms with E-state index in [-0.39, 0.29) is 17.2 Å². The molecule has 0 radical (unpaired) electrons. The fraction of sp³-hybridized carbons (Fsp3) is 0.192. The molecule has 41 heavy (non-hydrogen) atoms. The average molecular weight is 604 g/mol. The topological polar surface area (TPSA) is 110 Å². The summed E-state index contributed by atoms with van der Waals surface area (Å²) >= 11 is 6.20. The minimum absolute atomic E-state index is 0.0128. The zero-order valence-corrected chi connectivity index (χ0v) is 20.8. The predicted octanol–water partition coefficient (Wildman–Crippen LogP) is 5.26. The van der Waals surface area contributed by atoms with Crippen LogP contribution in [0.5, 0.6) is 0 Å². The quantitative estimate of drug-likeness (QED) is 0.270. The van der Waals surface area contributed by atoms with Crippen LogP contribution < -0.4 is 11.1 Å². The number of nitrogens with two attached hydrogens (primary N) is 1. The molecule has 1 unspecified atom stereocenters. The number of aryl methyl sites for hydroxylation is 1. The molecule has 1 aromatic heterocycles. The Morgan fingerprint density at radius 3 is 2.54 bits per heavy atom. The molecule has 0 spiro atoms. The number of aliphatic hydroxyl groups is 1. The minimum Gasteiger partial charge on any atom is -0.366 e. The SMILES string of the molecule is [2H]C([2H])([2H])c1nn(CC(F)F)c2cc(-c3c(F)cc(C(F)(F)F)cc3C(N)=O)c3c(c12)C(=O)NC3(O)c1cc(F)ccc1Cl. The molecule has 4 N–H and O–H groups in total. The zero-order valence-electron chi connectivity index (χ0n) is 23.0. The molecule has 5 rings (SSSR count). The van der Waals surface area contributed by atoms with E-state index >= 15 is 4.39 Å². The van der Waals surface area contributed by atoms with Crippen LogP contribution in [0.25, 0.3) is 22.0 Å². The Kier molecular flexibility index (Phi) is 5.67. The molecule has 3 aromatic carbocycles. The van der Waals surface area contributed by atoms with Gasteiger partial charge >= 0.3 is 6.18 Å². The number of amides is 2. The van der Waals surface area contributed by atoms with E-state index in [1.54, 1.807) is 0 Å². The van der Waals surface area contributed by atoms with Gasteiger partial charge in [-0.2, -0.15) is 18.3 Å². The minimum atomic E-state index is -5.17. The standard InChI is InChI=1S/C26H16ClF7N4O3/c1-9-19-17(38(37-9)8-18(30)31)7-12(20-13(23(35)39)4-10(5-16(20)29)26(32,33)34)22-21(19)24(40)36-25(22,41)14-6-11(28)2-3-15(14)27/h2-7,18,41H,8H2,1H3,(H2,35,39)(H,36,40)/i1D3. The number of halogens is 8. The third-order valence-corrected chi connectivity index (χ3v) is 6.84. The van der Waals surface area contributed by atoms with Gasteiger partial charge in [0.2, 0.25) is 5.91 Å². The third kappa shape index (κ3) is 4.47. The van der Waals surface area contributed by atoms with Crippen molar-refractivity contribution in [2.24, 2.45) is 5.73 Å². The largest absolute Gasteiger partial charge is 0.416 e. The Balaban J connectivity index is 2.05. The van der Waals surface area contributed by atoms with Gasteiger partial charge in [0.15, 0.2) is 5.72 Å². The van der Waals surface area contributed by atoms with Crippen molar-refractivity contribution in [2.45, 2.75) is 31.7 Å². The highest BCUT2D eigenvalue weighted by molar-refractivity contribution is 6.31. The Morgan fingerprint density at radius 1 is 1.22 bits per heavy atom. The maximum atomic E-state index is 15.7. The Hall–Kier alpha value is -4.17. The maximum absolute atomic E-state index is 15.7. The number of primary amides is 1. The number of hydrogen-bond acceptors (Lipinski definition) is 4. The first-order chi connectivity index (χ1) is 20.3. The summed E-state index contributed by atoms with van der Waals surface area (Å²) in [4.78, 5) is 26.0. The highest BCUT2D eigenvalue weighted by Gasteiger charge is 2.49. The van der Waals surface area contributed by atoms with Crippen molar-refractivity contribution in [2.75, 3.05) is 0 Å². The number of rotatable bonds is 5. The van der Waals surface area contributed by atoms with Crippen molar-refractivity contribution >= 4 is 34.3 Å². The van der Waals surface area contributed by atoms with Crippen LogP contribution in [0.4, 0.5) is 30.7 Å². The number of nitrogens with zero attached hydrogens (tertiary/aromatic N) is 2. The monoisotopic (exact) mass is 603 g/mol. The van der Waals surface area contributed by atoms with Gasteiger partial charge in [-0.05, 0) is 48.8 Å². The summed E-state index contributed by atoms with van der Waals surface area (Å²) in [5.74, 6) is -5.66. The number of hydrogen-bond donors (Lipinski definition) is 3. The second kappa shape index (κ2) is 9.45. The molecule has 1 aliphatic rings. The number of nitrogens with one attached hydrogen (secondary N) is 1. The van der Waals surface area contributed by atoms with Crippen LogP contribution in [0.3, 0.4) is 0 Å². The van der Waals surface area contributed by atoms with Gasteiger partial charge in [0.05, 0.1) is 27.9 Å². The molecule has 2 amide bonds. The first kappa shape index (κ1) is 24.6. The van der Waals surface area contributed by atoms with E-state index in [0.717, 1.165) is 18.2 Å². The smallest absolute Gasteiger partial charge is 0.366 e. The summed E-state index contributed by atoms with van der Waals surface area (Å²) in [7, 11) is 0. The van der Waals surface area contributed by atoms with Crippen molar-refractivity contribution in [3.8, 4) is 11.1 Å². The molecule has 1 aliphatic heterocycles. The first-order valence-electron chi connectivity index (χ1n) is 12.8. The molecule has 1 atom stereocenters. The van der Waals surface area contributed by atoms with Gasteiger partial charge in [-0.25, -0.2) is 17.6 Å². The number of alkyl halides is 5. The highest BCUT2D eigenvalue weighted by atomic mass is 35.5. The van der Waals surface area contributed by atoms with E-state index in [2.05, 4.69) is 10.4 Å². The molecule has 0 saturated carbocycles. The van der Waals surface area contributed by atoms with Gasteiger partial charge in [0.25, 0.3) is 12.3 Å². The second-order valence-electron chi connectivity index (χ2n) is 9.02. The van der Waals surface area contributed by atoms with Gasteiger partial charge < -0.3 is 16.2 Å². The van der Waals surface area contributed by atoms with Crippen molar-refractivity contribution in [1.29, 1.82) is 0 Å². The Labute approximate surface area is 234 Å². The van der Waals surface area contributed by atoms with Crippen molar-refractivity contribution in [3.63, 3.8) is 0 Å². The van der Waals surface area contributed by atoms with Gasteiger partial charge in [0, 0.05) is 31.2 Å². The summed E-state index contributed by atoms with van der Waals surface area (Å²) in [5, 5.41) is 16.8. The summed E-state index contributed by atoms with van der Waals surface area (Å²) in [5.41, 5.74) is -5.78. The molecule has 0 bridgehead atoms. The highest BCUT2D eigenvalue weighted by Crippen LogP contribution is 2.48. The number of fused-ring (bicyclic) bond motifs is 3. The molecule has 0 saturated heterocycles. The van der Waals surface area contributed by atoms with E-state index < -0.39 is 111 Å².